The fraction of sp³-hybridized carbons (Fsp3) is 0.667. The van der Waals surface area contributed by atoms with E-state index >= 15 is 0 Å². The lowest BCUT2D eigenvalue weighted by Crippen LogP contribution is -2.36. The summed E-state index contributed by atoms with van der Waals surface area (Å²) in [6.07, 6.45) is 1.74. The highest BCUT2D eigenvalue weighted by Gasteiger charge is 2.35. The van der Waals surface area contributed by atoms with Crippen molar-refractivity contribution in [3.8, 4) is 5.88 Å². The van der Waals surface area contributed by atoms with Gasteiger partial charge in [0.05, 0.1) is 11.4 Å². The third-order valence-corrected chi connectivity index (χ3v) is 4.10. The number of carbonyl (C=O) groups is 2. The molecular formula is C15H22N2O4S. The lowest BCUT2D eigenvalue weighted by atomic mass is 10.2. The molecule has 6 nitrogen and oxygen atoms in total. The molecule has 0 N–H and O–H groups in total. The molecule has 7 heteroatoms. The molecule has 1 saturated heterocycles. The standard InChI is InChI=1S/C15H22N2O4S/c1-5-12(18)20-11-9-22-13(16-11)10-7-6-8-17(10)14(19)21-15(2,3)4/h9-10H,5-8H2,1-4H3/t10-/m1/s1. The van der Waals surface area contributed by atoms with E-state index in [-0.39, 0.29) is 18.1 Å². The summed E-state index contributed by atoms with van der Waals surface area (Å²) in [6.45, 7) is 7.94. The first-order valence-corrected chi connectivity index (χ1v) is 8.34. The number of nitrogens with zero attached hydrogens (tertiary/aromatic N) is 2. The summed E-state index contributed by atoms with van der Waals surface area (Å²) in [5.41, 5.74) is -0.519. The predicted octanol–water partition coefficient (Wildman–Crippen LogP) is 3.53. The van der Waals surface area contributed by atoms with Crippen LogP contribution in [0, 0.1) is 0 Å². The van der Waals surface area contributed by atoms with Crippen molar-refractivity contribution in [2.75, 3.05) is 6.54 Å². The van der Waals surface area contributed by atoms with Gasteiger partial charge in [-0.05, 0) is 33.6 Å². The number of esters is 1. The lowest BCUT2D eigenvalue weighted by Gasteiger charge is -2.27. The number of hydrogen-bond acceptors (Lipinski definition) is 6. The van der Waals surface area contributed by atoms with E-state index < -0.39 is 5.60 Å². The minimum atomic E-state index is -0.519. The molecule has 1 amide bonds. The molecule has 1 aliphatic rings. The molecule has 122 valence electrons. The molecule has 1 atom stereocenters. The summed E-state index contributed by atoms with van der Waals surface area (Å²) in [5, 5.41) is 2.48. The van der Waals surface area contributed by atoms with Gasteiger partial charge in [-0.3, -0.25) is 9.69 Å². The van der Waals surface area contributed by atoms with Gasteiger partial charge >= 0.3 is 12.1 Å². The number of amides is 1. The van der Waals surface area contributed by atoms with E-state index in [9.17, 15) is 9.59 Å². The van der Waals surface area contributed by atoms with Crippen LogP contribution in [0.15, 0.2) is 5.38 Å². The molecule has 0 radical (unpaired) electrons. The number of aromatic nitrogens is 1. The van der Waals surface area contributed by atoms with Crippen LogP contribution in [0.4, 0.5) is 4.79 Å². The number of carbonyl (C=O) groups excluding carboxylic acids is 2. The molecule has 2 heterocycles. The lowest BCUT2D eigenvalue weighted by molar-refractivity contribution is -0.134. The van der Waals surface area contributed by atoms with Crippen molar-refractivity contribution in [3.05, 3.63) is 10.4 Å². The first kappa shape index (κ1) is 16.7. The predicted molar refractivity (Wildman–Crippen MR) is 83.0 cm³/mol. The van der Waals surface area contributed by atoms with E-state index in [0.717, 1.165) is 17.8 Å². The van der Waals surface area contributed by atoms with Crippen molar-refractivity contribution in [2.24, 2.45) is 0 Å². The van der Waals surface area contributed by atoms with Gasteiger partial charge in [0, 0.05) is 13.0 Å². The monoisotopic (exact) mass is 326 g/mol. The number of ether oxygens (including phenoxy) is 2. The van der Waals surface area contributed by atoms with Crippen LogP contribution >= 0.6 is 11.3 Å². The number of likely N-dealkylation sites (tertiary alicyclic amines) is 1. The Morgan fingerprint density at radius 1 is 1.45 bits per heavy atom. The van der Waals surface area contributed by atoms with E-state index in [1.165, 1.54) is 11.3 Å². The average Bonchev–Trinajstić information content (AvgIpc) is 3.04. The van der Waals surface area contributed by atoms with Crippen LogP contribution in [0.3, 0.4) is 0 Å². The Hall–Kier alpha value is -1.63. The van der Waals surface area contributed by atoms with Gasteiger partial charge in [-0.2, -0.15) is 0 Å². The number of rotatable bonds is 3. The van der Waals surface area contributed by atoms with E-state index in [2.05, 4.69) is 4.98 Å². The van der Waals surface area contributed by atoms with Crippen molar-refractivity contribution < 1.29 is 19.1 Å². The van der Waals surface area contributed by atoms with Crippen LogP contribution in [-0.4, -0.2) is 34.1 Å². The van der Waals surface area contributed by atoms with Crippen molar-refractivity contribution in [3.63, 3.8) is 0 Å². The highest BCUT2D eigenvalue weighted by Crippen LogP contribution is 2.36. The van der Waals surface area contributed by atoms with E-state index in [4.69, 9.17) is 9.47 Å². The Balaban J connectivity index is 2.07. The van der Waals surface area contributed by atoms with Gasteiger partial charge in [-0.1, -0.05) is 6.92 Å². The molecule has 0 unspecified atom stereocenters. The first-order chi connectivity index (χ1) is 10.3. The van der Waals surface area contributed by atoms with Crippen LogP contribution in [0.5, 0.6) is 5.88 Å². The summed E-state index contributed by atoms with van der Waals surface area (Å²) >= 11 is 1.40. The Bertz CT molecular complexity index is 550. The zero-order chi connectivity index (χ0) is 16.3. The Kier molecular flexibility index (Phi) is 5.05. The van der Waals surface area contributed by atoms with Gasteiger partial charge in [-0.15, -0.1) is 11.3 Å². The van der Waals surface area contributed by atoms with Crippen LogP contribution in [0.1, 0.15) is 58.0 Å². The Labute approximate surface area is 134 Å². The first-order valence-electron chi connectivity index (χ1n) is 7.46. The fourth-order valence-electron chi connectivity index (χ4n) is 2.22. The molecule has 1 fully saturated rings. The molecule has 0 saturated carbocycles. The van der Waals surface area contributed by atoms with E-state index in [1.807, 2.05) is 20.8 Å². The second-order valence-corrected chi connectivity index (χ2v) is 7.07. The molecule has 2 rings (SSSR count). The summed E-state index contributed by atoms with van der Waals surface area (Å²) in [6, 6.07) is -0.103. The maximum atomic E-state index is 12.3. The fourth-order valence-corrected chi connectivity index (χ4v) is 3.09. The minimum absolute atomic E-state index is 0.103. The Morgan fingerprint density at radius 2 is 2.18 bits per heavy atom. The van der Waals surface area contributed by atoms with Crippen molar-refractivity contribution >= 4 is 23.4 Å². The highest BCUT2D eigenvalue weighted by molar-refractivity contribution is 7.09. The smallest absolute Gasteiger partial charge is 0.410 e. The molecule has 1 aromatic rings. The summed E-state index contributed by atoms with van der Waals surface area (Å²) in [4.78, 5) is 29.6. The number of thiazole rings is 1. The van der Waals surface area contributed by atoms with Gasteiger partial charge < -0.3 is 9.47 Å². The molecule has 1 aliphatic heterocycles. The maximum absolute atomic E-state index is 12.3. The molecular weight excluding hydrogens is 304 g/mol. The number of hydrogen-bond donors (Lipinski definition) is 0. The molecule has 0 aliphatic carbocycles. The molecule has 0 aromatic carbocycles. The maximum Gasteiger partial charge on any atom is 0.410 e. The van der Waals surface area contributed by atoms with E-state index in [1.54, 1.807) is 17.2 Å². The zero-order valence-corrected chi connectivity index (χ0v) is 14.2. The summed E-state index contributed by atoms with van der Waals surface area (Å²) in [5.74, 6) is -0.00448. The van der Waals surface area contributed by atoms with Crippen LogP contribution < -0.4 is 4.74 Å². The largest absolute Gasteiger partial charge is 0.444 e. The molecule has 0 bridgehead atoms. The topological polar surface area (TPSA) is 68.7 Å². The van der Waals surface area contributed by atoms with Gasteiger partial charge in [0.1, 0.15) is 10.6 Å². The van der Waals surface area contributed by atoms with Gasteiger partial charge in [0.2, 0.25) is 5.88 Å². The van der Waals surface area contributed by atoms with Crippen LogP contribution in [0.2, 0.25) is 0 Å². The van der Waals surface area contributed by atoms with Crippen molar-refractivity contribution in [1.82, 2.24) is 9.88 Å². The zero-order valence-electron chi connectivity index (χ0n) is 13.4. The van der Waals surface area contributed by atoms with Gasteiger partial charge in [-0.25, -0.2) is 9.78 Å². The molecule has 22 heavy (non-hydrogen) atoms. The minimum Gasteiger partial charge on any atom is -0.444 e. The van der Waals surface area contributed by atoms with Crippen molar-refractivity contribution in [2.45, 2.75) is 58.6 Å². The van der Waals surface area contributed by atoms with Gasteiger partial charge in [0.15, 0.2) is 0 Å². The van der Waals surface area contributed by atoms with Crippen LogP contribution in [0.25, 0.3) is 0 Å². The normalized spacial score (nSPS) is 18.4. The second-order valence-electron chi connectivity index (χ2n) is 6.18. The third-order valence-electron chi connectivity index (χ3n) is 3.17. The summed E-state index contributed by atoms with van der Waals surface area (Å²) < 4.78 is 10.5. The van der Waals surface area contributed by atoms with E-state index in [0.29, 0.717) is 18.8 Å². The Morgan fingerprint density at radius 3 is 2.82 bits per heavy atom. The SMILES string of the molecule is CCC(=O)Oc1csc([C@H]2CCCN2C(=O)OC(C)(C)C)n1. The van der Waals surface area contributed by atoms with Crippen LogP contribution in [-0.2, 0) is 9.53 Å². The highest BCUT2D eigenvalue weighted by atomic mass is 32.1. The van der Waals surface area contributed by atoms with Crippen molar-refractivity contribution in [1.29, 1.82) is 0 Å². The third kappa shape index (κ3) is 4.19. The molecule has 1 aromatic heterocycles. The quantitative estimate of drug-likeness (QED) is 0.795. The molecule has 0 spiro atoms. The summed E-state index contributed by atoms with van der Waals surface area (Å²) in [7, 11) is 0. The second kappa shape index (κ2) is 6.64. The average molecular weight is 326 g/mol. The van der Waals surface area contributed by atoms with Gasteiger partial charge in [0.25, 0.3) is 0 Å².